The average Bonchev–Trinajstić information content (AvgIpc) is 3.40. The third-order valence-corrected chi connectivity index (χ3v) is 6.01. The molecule has 12 heteroatoms. The number of nitrogens with one attached hydrogen (secondary N) is 5. The van der Waals surface area contributed by atoms with E-state index in [1.54, 1.807) is 24.2 Å². The van der Waals surface area contributed by atoms with Crippen molar-refractivity contribution in [3.63, 3.8) is 0 Å². The lowest BCUT2D eigenvalue weighted by Crippen LogP contribution is -2.34. The minimum absolute atomic E-state index is 0.0364. The van der Waals surface area contributed by atoms with Crippen LogP contribution >= 0.6 is 11.8 Å². The van der Waals surface area contributed by atoms with E-state index in [1.165, 1.54) is 12.7 Å². The number of nitrogens with zero attached hydrogens (tertiary/aromatic N) is 2. The number of thioether (sulfide) groups is 1. The van der Waals surface area contributed by atoms with Gasteiger partial charge in [-0.05, 0) is 5.25 Å². The second-order valence-electron chi connectivity index (χ2n) is 7.38. The van der Waals surface area contributed by atoms with Crippen LogP contribution < -0.4 is 22.2 Å². The molecule has 0 saturated heterocycles. The number of rotatable bonds is 8. The smallest absolute Gasteiger partial charge is 0.275 e. The fourth-order valence-electron chi connectivity index (χ4n) is 3.04. The van der Waals surface area contributed by atoms with Crippen molar-refractivity contribution in [1.82, 2.24) is 35.2 Å². The molecule has 0 aliphatic carbocycles. The van der Waals surface area contributed by atoms with E-state index >= 15 is 0 Å². The second kappa shape index (κ2) is 11.1. The Bertz CT molecular complexity index is 1260. The number of hydrogen-bond donors (Lipinski definition) is 7. The lowest BCUT2D eigenvalue weighted by atomic mass is 10.2. The number of nitrogens with two attached hydrogens (primary N) is 1. The fourth-order valence-corrected chi connectivity index (χ4v) is 3.88. The lowest BCUT2D eigenvalue weighted by molar-refractivity contribution is 0.253. The summed E-state index contributed by atoms with van der Waals surface area (Å²) in [6.45, 7) is 5.32. The second-order valence-corrected chi connectivity index (χ2v) is 8.99. The Balaban J connectivity index is 0.000000204. The van der Waals surface area contributed by atoms with Crippen molar-refractivity contribution < 1.29 is 5.11 Å². The van der Waals surface area contributed by atoms with E-state index in [0.717, 1.165) is 16.9 Å². The number of aliphatic hydroxyl groups excluding tert-OH is 1. The summed E-state index contributed by atoms with van der Waals surface area (Å²) in [5, 5.41) is 13.2. The third kappa shape index (κ3) is 5.65. The van der Waals surface area contributed by atoms with E-state index in [2.05, 4.69) is 49.1 Å². The molecule has 8 N–H and O–H groups in total. The molecular weight excluding hydrogens is 432 g/mol. The van der Waals surface area contributed by atoms with Gasteiger partial charge < -0.3 is 36.1 Å². The van der Waals surface area contributed by atoms with Crippen molar-refractivity contribution in [2.75, 3.05) is 12.4 Å². The lowest BCUT2D eigenvalue weighted by Gasteiger charge is -2.16. The minimum atomic E-state index is -0.171. The molecule has 4 aromatic heterocycles. The number of aromatic amines is 4. The van der Waals surface area contributed by atoms with Crippen LogP contribution in [-0.4, -0.2) is 58.7 Å². The maximum Gasteiger partial charge on any atom is 0.275 e. The highest BCUT2D eigenvalue weighted by atomic mass is 32.2. The van der Waals surface area contributed by atoms with Crippen molar-refractivity contribution >= 4 is 33.8 Å². The van der Waals surface area contributed by atoms with Gasteiger partial charge in [0.2, 0.25) is 0 Å². The Morgan fingerprint density at radius 3 is 2.09 bits per heavy atom. The zero-order valence-electron chi connectivity index (χ0n) is 17.9. The maximum absolute atomic E-state index is 11.6. The van der Waals surface area contributed by atoms with Gasteiger partial charge in [0.1, 0.15) is 11.0 Å². The molecule has 0 amide bonds. The van der Waals surface area contributed by atoms with Gasteiger partial charge in [-0.1, -0.05) is 13.8 Å². The number of aliphatic hydroxyl groups is 1. The highest BCUT2D eigenvalue weighted by Crippen LogP contribution is 2.13. The van der Waals surface area contributed by atoms with E-state index in [9.17, 15) is 14.7 Å². The van der Waals surface area contributed by atoms with Crippen molar-refractivity contribution in [2.45, 2.75) is 38.2 Å². The van der Waals surface area contributed by atoms with E-state index in [-0.39, 0.29) is 23.8 Å². The molecule has 172 valence electrons. The first kappa shape index (κ1) is 23.7. The Labute approximate surface area is 187 Å². The molecule has 0 unspecified atom stereocenters. The molecular formula is C20H28N8O3S. The highest BCUT2D eigenvalue weighted by molar-refractivity contribution is 7.99. The molecule has 0 aromatic carbocycles. The summed E-state index contributed by atoms with van der Waals surface area (Å²) in [5.74, 6) is 0.852. The molecule has 4 heterocycles. The van der Waals surface area contributed by atoms with Gasteiger partial charge in [0.05, 0.1) is 30.3 Å². The predicted molar refractivity (Wildman–Crippen MR) is 127 cm³/mol. The molecule has 11 nitrogen and oxygen atoms in total. The van der Waals surface area contributed by atoms with Crippen LogP contribution in [0.4, 0.5) is 0 Å². The van der Waals surface area contributed by atoms with Crippen LogP contribution in [0.1, 0.15) is 25.0 Å². The van der Waals surface area contributed by atoms with Gasteiger partial charge >= 0.3 is 0 Å². The van der Waals surface area contributed by atoms with Crippen LogP contribution in [0.25, 0.3) is 22.1 Å². The van der Waals surface area contributed by atoms with Crippen LogP contribution in [0.15, 0.2) is 34.6 Å². The van der Waals surface area contributed by atoms with E-state index in [1.807, 2.05) is 0 Å². The maximum atomic E-state index is 11.6. The zero-order valence-corrected chi connectivity index (χ0v) is 18.8. The van der Waals surface area contributed by atoms with Crippen molar-refractivity contribution in [3.8, 4) is 0 Å². The number of H-pyrrole nitrogens is 4. The van der Waals surface area contributed by atoms with Gasteiger partial charge in [-0.3, -0.25) is 9.59 Å². The van der Waals surface area contributed by atoms with Gasteiger partial charge in [0, 0.05) is 48.4 Å². The summed E-state index contributed by atoms with van der Waals surface area (Å²) in [5.41, 5.74) is 9.19. The van der Waals surface area contributed by atoms with Gasteiger partial charge in [0.15, 0.2) is 0 Å². The Hall–Kier alpha value is -2.93. The summed E-state index contributed by atoms with van der Waals surface area (Å²) in [6, 6.07) is 0.0364. The molecule has 0 radical (unpaired) electrons. The first-order chi connectivity index (χ1) is 15.4. The topological polar surface area (TPSA) is 181 Å². The highest BCUT2D eigenvalue weighted by Gasteiger charge is 2.12. The van der Waals surface area contributed by atoms with Crippen molar-refractivity contribution in [2.24, 2.45) is 5.73 Å². The van der Waals surface area contributed by atoms with Gasteiger partial charge in [0.25, 0.3) is 11.1 Å². The van der Waals surface area contributed by atoms with Crippen LogP contribution in [-0.2, 0) is 13.1 Å². The Morgan fingerprint density at radius 2 is 1.56 bits per heavy atom. The normalized spacial score (nSPS) is 12.3. The molecule has 0 saturated carbocycles. The number of fused-ring (bicyclic) bond motifs is 2. The number of hydrogen-bond acceptors (Lipinski definition) is 8. The summed E-state index contributed by atoms with van der Waals surface area (Å²) in [4.78, 5) is 41.7. The Morgan fingerprint density at radius 1 is 1.00 bits per heavy atom. The largest absolute Gasteiger partial charge is 0.395 e. The van der Waals surface area contributed by atoms with E-state index < -0.39 is 0 Å². The molecule has 0 bridgehead atoms. The Kier molecular flexibility index (Phi) is 8.22. The van der Waals surface area contributed by atoms with E-state index in [0.29, 0.717) is 40.4 Å². The van der Waals surface area contributed by atoms with Gasteiger partial charge in [-0.25, -0.2) is 9.97 Å². The molecule has 4 aromatic rings. The monoisotopic (exact) mass is 460 g/mol. The first-order valence-electron chi connectivity index (χ1n) is 10.2. The molecule has 0 fully saturated rings. The molecule has 4 rings (SSSR count). The number of aromatic nitrogens is 6. The average molecular weight is 461 g/mol. The van der Waals surface area contributed by atoms with Gasteiger partial charge in [-0.15, -0.1) is 0 Å². The quantitative estimate of drug-likeness (QED) is 0.199. The molecule has 0 aliphatic heterocycles. The zero-order chi connectivity index (χ0) is 23.1. The molecule has 1 atom stereocenters. The van der Waals surface area contributed by atoms with E-state index in [4.69, 9.17) is 5.73 Å². The van der Waals surface area contributed by atoms with Crippen molar-refractivity contribution in [1.29, 1.82) is 0 Å². The molecule has 0 spiro atoms. The molecule has 32 heavy (non-hydrogen) atoms. The summed E-state index contributed by atoms with van der Waals surface area (Å²) in [7, 11) is 0. The standard InChI is InChI=1S/C13H20N4O2S.C7H8N4O/c1-8(2)20-6-10(5-18)14-3-9-4-15-12-11(9)16-7-17-13(12)19;8-1-4-2-9-6-5(4)10-3-11-7(6)12/h4,7-8,10,14-15,18H,3,5-6H2,1-2H3,(H,16,17,19);2-3,9H,1,8H2,(H,10,11,12)/t10-;/m0./s1. The van der Waals surface area contributed by atoms with Crippen LogP contribution in [0.2, 0.25) is 0 Å². The predicted octanol–water partition coefficient (Wildman–Crippen LogP) is 0.553. The summed E-state index contributed by atoms with van der Waals surface area (Å²) >= 11 is 1.81. The first-order valence-corrected chi connectivity index (χ1v) is 11.2. The summed E-state index contributed by atoms with van der Waals surface area (Å²) < 4.78 is 0. The third-order valence-electron chi connectivity index (χ3n) is 4.75. The summed E-state index contributed by atoms with van der Waals surface area (Å²) in [6.07, 6.45) is 6.26. The molecule has 0 aliphatic rings. The van der Waals surface area contributed by atoms with Crippen LogP contribution in [0.3, 0.4) is 0 Å². The van der Waals surface area contributed by atoms with Crippen LogP contribution in [0, 0.1) is 0 Å². The van der Waals surface area contributed by atoms with Gasteiger partial charge in [-0.2, -0.15) is 11.8 Å². The minimum Gasteiger partial charge on any atom is -0.395 e. The van der Waals surface area contributed by atoms with Crippen LogP contribution in [0.5, 0.6) is 0 Å². The van der Waals surface area contributed by atoms with Crippen molar-refractivity contribution in [3.05, 3.63) is 56.9 Å². The SMILES string of the molecule is CC(C)SC[C@H](CO)NCc1c[nH]c2c(=O)[nH]cnc12.NCc1c[nH]c2c(=O)[nH]cnc12. The fraction of sp³-hybridized carbons (Fsp3) is 0.400.